The summed E-state index contributed by atoms with van der Waals surface area (Å²) in [4.78, 5) is 20.6. The van der Waals surface area contributed by atoms with Crippen molar-refractivity contribution >= 4 is 27.5 Å². The molecule has 0 saturated heterocycles. The normalized spacial score (nSPS) is 12.0. The largest absolute Gasteiger partial charge is 0.354 e. The van der Waals surface area contributed by atoms with Crippen LogP contribution < -0.4 is 5.32 Å². The summed E-state index contributed by atoms with van der Waals surface area (Å²) < 4.78 is 1.06. The van der Waals surface area contributed by atoms with Crippen LogP contribution in [-0.2, 0) is 6.42 Å². The number of nitrogens with zero attached hydrogens (tertiary/aromatic N) is 5. The van der Waals surface area contributed by atoms with Gasteiger partial charge >= 0.3 is 0 Å². The Hall–Kier alpha value is -3.31. The maximum absolute atomic E-state index is 9.67. The number of rotatable bonds is 6. The Bertz CT molecular complexity index is 1020. The number of fused-ring (bicyclic) bond motifs is 1. The van der Waals surface area contributed by atoms with E-state index in [2.05, 4.69) is 36.3 Å². The Kier molecular flexibility index (Phi) is 4.53. The van der Waals surface area contributed by atoms with Crippen LogP contribution in [0.5, 0.6) is 0 Å². The summed E-state index contributed by atoms with van der Waals surface area (Å²) in [6, 6.07) is 11.9. The number of para-hydroxylation sites is 1. The molecule has 1 unspecified atom stereocenters. The van der Waals surface area contributed by atoms with E-state index in [4.69, 9.17) is 0 Å². The van der Waals surface area contributed by atoms with Crippen molar-refractivity contribution in [3.8, 4) is 6.07 Å². The standard InChI is InChI=1S/C18H15N7S/c19-11-12(17-24-14-3-1-2-4-15(14)26-17)13-5-7-22-18(25-13)23-8-6-16-20-9-10-21-16/h1-5,7,9-10,12H,6,8H2,(H,20,21)(H,22,23,25). The van der Waals surface area contributed by atoms with Crippen LogP contribution >= 0.6 is 11.3 Å². The molecular formula is C18H15N7S. The number of nitriles is 1. The highest BCUT2D eigenvalue weighted by atomic mass is 32.1. The van der Waals surface area contributed by atoms with E-state index in [9.17, 15) is 5.26 Å². The molecule has 0 aliphatic heterocycles. The van der Waals surface area contributed by atoms with Crippen molar-refractivity contribution in [2.45, 2.75) is 12.3 Å². The van der Waals surface area contributed by atoms with Crippen LogP contribution in [0.25, 0.3) is 10.2 Å². The van der Waals surface area contributed by atoms with Gasteiger partial charge in [-0.2, -0.15) is 5.26 Å². The van der Waals surface area contributed by atoms with E-state index in [-0.39, 0.29) is 0 Å². The van der Waals surface area contributed by atoms with Gasteiger partial charge in [0.25, 0.3) is 0 Å². The number of benzene rings is 1. The van der Waals surface area contributed by atoms with Crippen LogP contribution in [0.1, 0.15) is 22.4 Å². The fourth-order valence-corrected chi connectivity index (χ4v) is 3.63. The van der Waals surface area contributed by atoms with Crippen molar-refractivity contribution in [1.29, 1.82) is 5.26 Å². The van der Waals surface area contributed by atoms with E-state index in [1.165, 1.54) is 11.3 Å². The molecule has 0 bridgehead atoms. The summed E-state index contributed by atoms with van der Waals surface area (Å²) in [7, 11) is 0. The minimum atomic E-state index is -0.513. The third-order valence-electron chi connectivity index (χ3n) is 3.86. The minimum Gasteiger partial charge on any atom is -0.354 e. The first-order chi connectivity index (χ1) is 12.8. The lowest BCUT2D eigenvalue weighted by molar-refractivity contribution is 0.892. The highest BCUT2D eigenvalue weighted by Gasteiger charge is 2.20. The molecule has 0 aliphatic rings. The van der Waals surface area contributed by atoms with Gasteiger partial charge in [-0.1, -0.05) is 12.1 Å². The second kappa shape index (κ2) is 7.29. The highest BCUT2D eigenvalue weighted by Crippen LogP contribution is 2.30. The molecule has 3 heterocycles. The maximum atomic E-state index is 9.67. The molecule has 0 saturated carbocycles. The molecule has 8 heteroatoms. The van der Waals surface area contributed by atoms with Gasteiger partial charge in [-0.05, 0) is 18.2 Å². The predicted molar refractivity (Wildman–Crippen MR) is 99.9 cm³/mol. The molecule has 0 amide bonds. The third-order valence-corrected chi connectivity index (χ3v) is 4.96. The summed E-state index contributed by atoms with van der Waals surface area (Å²) in [5.41, 5.74) is 1.54. The van der Waals surface area contributed by atoms with Crippen LogP contribution in [0.2, 0.25) is 0 Å². The van der Waals surface area contributed by atoms with E-state index in [1.807, 2.05) is 24.3 Å². The lowest BCUT2D eigenvalue weighted by atomic mass is 10.1. The van der Waals surface area contributed by atoms with Gasteiger partial charge in [-0.3, -0.25) is 0 Å². The molecule has 26 heavy (non-hydrogen) atoms. The van der Waals surface area contributed by atoms with Gasteiger partial charge < -0.3 is 10.3 Å². The lowest BCUT2D eigenvalue weighted by Gasteiger charge is -2.08. The zero-order valence-electron chi connectivity index (χ0n) is 13.8. The Morgan fingerprint density at radius 3 is 2.88 bits per heavy atom. The quantitative estimate of drug-likeness (QED) is 0.547. The smallest absolute Gasteiger partial charge is 0.222 e. The number of H-pyrrole nitrogens is 1. The molecular weight excluding hydrogens is 346 g/mol. The first-order valence-corrected chi connectivity index (χ1v) is 8.95. The predicted octanol–water partition coefficient (Wildman–Crippen LogP) is 3.12. The number of hydrogen-bond donors (Lipinski definition) is 2. The van der Waals surface area contributed by atoms with E-state index in [0.29, 0.717) is 18.2 Å². The van der Waals surface area contributed by atoms with Crippen molar-refractivity contribution in [2.24, 2.45) is 0 Å². The van der Waals surface area contributed by atoms with Crippen molar-refractivity contribution in [2.75, 3.05) is 11.9 Å². The Balaban J connectivity index is 1.52. The molecule has 0 aliphatic carbocycles. The van der Waals surface area contributed by atoms with E-state index >= 15 is 0 Å². The van der Waals surface area contributed by atoms with Gasteiger partial charge in [0.15, 0.2) is 0 Å². The molecule has 2 N–H and O–H groups in total. The zero-order chi connectivity index (χ0) is 17.8. The molecule has 1 atom stereocenters. The zero-order valence-corrected chi connectivity index (χ0v) is 14.6. The first-order valence-electron chi connectivity index (χ1n) is 8.13. The van der Waals surface area contributed by atoms with E-state index in [0.717, 1.165) is 27.5 Å². The minimum absolute atomic E-state index is 0.496. The van der Waals surface area contributed by atoms with Gasteiger partial charge in [-0.15, -0.1) is 11.3 Å². The monoisotopic (exact) mass is 361 g/mol. The number of hydrogen-bond acceptors (Lipinski definition) is 7. The van der Waals surface area contributed by atoms with E-state index in [1.54, 1.807) is 24.7 Å². The van der Waals surface area contributed by atoms with Gasteiger partial charge in [0, 0.05) is 31.6 Å². The molecule has 4 aromatic rings. The Morgan fingerprint density at radius 1 is 1.15 bits per heavy atom. The number of anilines is 1. The van der Waals surface area contributed by atoms with Crippen molar-refractivity contribution in [1.82, 2.24) is 24.9 Å². The summed E-state index contributed by atoms with van der Waals surface area (Å²) in [6.45, 7) is 0.648. The second-order valence-electron chi connectivity index (χ2n) is 5.60. The molecule has 0 spiro atoms. The van der Waals surface area contributed by atoms with Gasteiger partial charge in [-0.25, -0.2) is 19.9 Å². The van der Waals surface area contributed by atoms with Gasteiger partial charge in [0.2, 0.25) is 5.95 Å². The van der Waals surface area contributed by atoms with Crippen molar-refractivity contribution in [3.63, 3.8) is 0 Å². The molecule has 1 aromatic carbocycles. The first kappa shape index (κ1) is 16.2. The van der Waals surface area contributed by atoms with Crippen LogP contribution in [0.15, 0.2) is 48.9 Å². The second-order valence-corrected chi connectivity index (χ2v) is 6.66. The number of imidazole rings is 1. The fraction of sp³-hybridized carbons (Fsp3) is 0.167. The van der Waals surface area contributed by atoms with Crippen LogP contribution in [-0.4, -0.2) is 31.5 Å². The molecule has 3 aromatic heterocycles. The van der Waals surface area contributed by atoms with Crippen LogP contribution in [0.3, 0.4) is 0 Å². The topological polar surface area (TPSA) is 103 Å². The van der Waals surface area contributed by atoms with Crippen LogP contribution in [0.4, 0.5) is 5.95 Å². The number of aromatic amines is 1. The Labute approximate surface area is 153 Å². The lowest BCUT2D eigenvalue weighted by Crippen LogP contribution is -2.10. The highest BCUT2D eigenvalue weighted by molar-refractivity contribution is 7.18. The van der Waals surface area contributed by atoms with Gasteiger partial charge in [0.05, 0.1) is 22.0 Å². The maximum Gasteiger partial charge on any atom is 0.222 e. The van der Waals surface area contributed by atoms with E-state index < -0.39 is 5.92 Å². The van der Waals surface area contributed by atoms with Crippen molar-refractivity contribution in [3.05, 3.63) is 65.4 Å². The average Bonchev–Trinajstić information content (AvgIpc) is 3.32. The summed E-state index contributed by atoms with van der Waals surface area (Å²) in [5, 5.41) is 13.6. The number of aromatic nitrogens is 5. The molecule has 0 fully saturated rings. The molecule has 128 valence electrons. The number of nitrogens with one attached hydrogen (secondary N) is 2. The summed E-state index contributed by atoms with van der Waals surface area (Å²) in [6.07, 6.45) is 5.92. The van der Waals surface area contributed by atoms with Gasteiger partial charge in [0.1, 0.15) is 16.7 Å². The number of thiazole rings is 1. The Morgan fingerprint density at radius 2 is 2.08 bits per heavy atom. The molecule has 7 nitrogen and oxygen atoms in total. The molecule has 4 rings (SSSR count). The van der Waals surface area contributed by atoms with Crippen molar-refractivity contribution < 1.29 is 0 Å². The summed E-state index contributed by atoms with van der Waals surface area (Å²) in [5.74, 6) is 0.884. The average molecular weight is 361 g/mol. The third kappa shape index (κ3) is 3.38. The van der Waals surface area contributed by atoms with Crippen LogP contribution in [0, 0.1) is 11.3 Å². The fourth-order valence-electron chi connectivity index (χ4n) is 2.61. The SMILES string of the molecule is N#CC(c1ccnc(NCCc2ncc[nH]2)n1)c1nc2ccccc2s1. The molecule has 0 radical (unpaired) electrons. The summed E-state index contributed by atoms with van der Waals surface area (Å²) >= 11 is 1.52.